The number of imidazole rings is 1. The van der Waals surface area contributed by atoms with Crippen LogP contribution in [0.1, 0.15) is 12.8 Å². The SMILES string of the molecule is Cn1c(N2CCN(CCCCN)CC2)nc2ccccc21. The maximum absolute atomic E-state index is 5.56. The molecule has 21 heavy (non-hydrogen) atoms. The molecule has 0 unspecified atom stereocenters. The van der Waals surface area contributed by atoms with E-state index >= 15 is 0 Å². The second-order valence-electron chi connectivity index (χ2n) is 5.78. The van der Waals surface area contributed by atoms with E-state index in [0.717, 1.165) is 50.6 Å². The number of unbranched alkanes of at least 4 members (excludes halogenated alkanes) is 1. The Labute approximate surface area is 126 Å². The number of piperazine rings is 1. The van der Waals surface area contributed by atoms with Gasteiger partial charge in [0.05, 0.1) is 11.0 Å². The van der Waals surface area contributed by atoms with Crippen LogP contribution in [0.4, 0.5) is 5.95 Å². The molecule has 1 saturated heterocycles. The zero-order valence-electron chi connectivity index (χ0n) is 12.8. The fourth-order valence-corrected chi connectivity index (χ4v) is 3.07. The molecule has 0 amide bonds. The van der Waals surface area contributed by atoms with Crippen LogP contribution in [0.3, 0.4) is 0 Å². The Morgan fingerprint density at radius 2 is 1.86 bits per heavy atom. The Hall–Kier alpha value is -1.59. The summed E-state index contributed by atoms with van der Waals surface area (Å²) in [5.41, 5.74) is 7.85. The lowest BCUT2D eigenvalue weighted by Crippen LogP contribution is -2.47. The highest BCUT2D eigenvalue weighted by Crippen LogP contribution is 2.21. The second-order valence-corrected chi connectivity index (χ2v) is 5.78. The molecular formula is C16H25N5. The van der Waals surface area contributed by atoms with Crippen LogP contribution in [-0.4, -0.2) is 53.7 Å². The third-order valence-electron chi connectivity index (χ3n) is 4.35. The van der Waals surface area contributed by atoms with Crippen LogP contribution in [-0.2, 0) is 7.05 Å². The van der Waals surface area contributed by atoms with Crippen LogP contribution >= 0.6 is 0 Å². The van der Waals surface area contributed by atoms with E-state index in [4.69, 9.17) is 10.7 Å². The van der Waals surface area contributed by atoms with Crippen molar-refractivity contribution in [2.75, 3.05) is 44.2 Å². The van der Waals surface area contributed by atoms with E-state index in [0.29, 0.717) is 0 Å². The van der Waals surface area contributed by atoms with Gasteiger partial charge in [0.2, 0.25) is 5.95 Å². The summed E-state index contributed by atoms with van der Waals surface area (Å²) >= 11 is 0. The summed E-state index contributed by atoms with van der Waals surface area (Å²) in [5, 5.41) is 0. The minimum absolute atomic E-state index is 0.805. The molecule has 1 fully saturated rings. The number of hydrogen-bond acceptors (Lipinski definition) is 4. The first-order chi connectivity index (χ1) is 10.3. The number of aromatic nitrogens is 2. The molecule has 1 aromatic carbocycles. The summed E-state index contributed by atoms with van der Waals surface area (Å²) in [6.07, 6.45) is 2.34. The summed E-state index contributed by atoms with van der Waals surface area (Å²) < 4.78 is 2.21. The van der Waals surface area contributed by atoms with Crippen molar-refractivity contribution in [2.45, 2.75) is 12.8 Å². The van der Waals surface area contributed by atoms with Gasteiger partial charge in [0.1, 0.15) is 0 Å². The first kappa shape index (κ1) is 14.4. The van der Waals surface area contributed by atoms with Crippen molar-refractivity contribution < 1.29 is 0 Å². The van der Waals surface area contributed by atoms with Gasteiger partial charge in [0.25, 0.3) is 0 Å². The minimum Gasteiger partial charge on any atom is -0.340 e. The van der Waals surface area contributed by atoms with Crippen molar-refractivity contribution in [3.8, 4) is 0 Å². The maximum atomic E-state index is 5.56. The van der Waals surface area contributed by atoms with Gasteiger partial charge in [0.15, 0.2) is 0 Å². The first-order valence-electron chi connectivity index (χ1n) is 7.88. The van der Waals surface area contributed by atoms with Gasteiger partial charge in [-0.05, 0) is 38.1 Å². The predicted molar refractivity (Wildman–Crippen MR) is 87.7 cm³/mol. The van der Waals surface area contributed by atoms with Crippen molar-refractivity contribution in [3.05, 3.63) is 24.3 Å². The molecule has 5 heteroatoms. The van der Waals surface area contributed by atoms with Crippen molar-refractivity contribution in [1.82, 2.24) is 14.5 Å². The van der Waals surface area contributed by atoms with Gasteiger partial charge >= 0.3 is 0 Å². The molecule has 2 N–H and O–H groups in total. The van der Waals surface area contributed by atoms with Crippen molar-refractivity contribution >= 4 is 17.0 Å². The number of hydrogen-bond donors (Lipinski definition) is 1. The molecule has 0 atom stereocenters. The topological polar surface area (TPSA) is 50.3 Å². The molecule has 1 aromatic heterocycles. The van der Waals surface area contributed by atoms with Gasteiger partial charge in [-0.15, -0.1) is 0 Å². The normalized spacial score (nSPS) is 16.8. The molecule has 2 aromatic rings. The van der Waals surface area contributed by atoms with Gasteiger partial charge in [-0.2, -0.15) is 0 Å². The number of benzene rings is 1. The third kappa shape index (κ3) is 3.04. The fraction of sp³-hybridized carbons (Fsp3) is 0.562. The van der Waals surface area contributed by atoms with Gasteiger partial charge in [-0.1, -0.05) is 12.1 Å². The summed E-state index contributed by atoms with van der Waals surface area (Å²) in [6.45, 7) is 6.33. The molecule has 1 aliphatic rings. The lowest BCUT2D eigenvalue weighted by Gasteiger charge is -2.35. The average Bonchev–Trinajstić information content (AvgIpc) is 2.86. The van der Waals surface area contributed by atoms with Crippen molar-refractivity contribution in [3.63, 3.8) is 0 Å². The van der Waals surface area contributed by atoms with Crippen molar-refractivity contribution in [2.24, 2.45) is 12.8 Å². The number of fused-ring (bicyclic) bond motifs is 1. The zero-order valence-corrected chi connectivity index (χ0v) is 12.8. The van der Waals surface area contributed by atoms with E-state index in [2.05, 4.69) is 45.7 Å². The maximum Gasteiger partial charge on any atom is 0.206 e. The molecule has 0 radical (unpaired) electrons. The Bertz CT molecular complexity index is 583. The highest BCUT2D eigenvalue weighted by molar-refractivity contribution is 5.78. The average molecular weight is 287 g/mol. The summed E-state index contributed by atoms with van der Waals surface area (Å²) in [4.78, 5) is 9.73. The molecule has 0 bridgehead atoms. The molecular weight excluding hydrogens is 262 g/mol. The number of aryl methyl sites for hydroxylation is 1. The quantitative estimate of drug-likeness (QED) is 0.845. The second kappa shape index (κ2) is 6.45. The first-order valence-corrected chi connectivity index (χ1v) is 7.88. The summed E-state index contributed by atoms with van der Waals surface area (Å²) in [6, 6.07) is 8.34. The molecule has 2 heterocycles. The zero-order chi connectivity index (χ0) is 14.7. The number of nitrogens with zero attached hydrogens (tertiary/aromatic N) is 4. The van der Waals surface area contributed by atoms with Crippen molar-refractivity contribution in [1.29, 1.82) is 0 Å². The van der Waals surface area contributed by atoms with E-state index < -0.39 is 0 Å². The fourth-order valence-electron chi connectivity index (χ4n) is 3.07. The third-order valence-corrected chi connectivity index (χ3v) is 4.35. The molecule has 5 nitrogen and oxygen atoms in total. The Morgan fingerprint density at radius 1 is 1.10 bits per heavy atom. The van der Waals surface area contributed by atoms with Crippen LogP contribution in [0.2, 0.25) is 0 Å². The number of anilines is 1. The Morgan fingerprint density at radius 3 is 2.57 bits per heavy atom. The molecule has 3 rings (SSSR count). The predicted octanol–water partition coefficient (Wildman–Crippen LogP) is 1.43. The number of rotatable bonds is 5. The number of nitrogens with two attached hydrogens (primary N) is 1. The largest absolute Gasteiger partial charge is 0.340 e. The Kier molecular flexibility index (Phi) is 4.41. The van der Waals surface area contributed by atoms with E-state index in [9.17, 15) is 0 Å². The lowest BCUT2D eigenvalue weighted by molar-refractivity contribution is 0.252. The monoisotopic (exact) mass is 287 g/mol. The highest BCUT2D eigenvalue weighted by Gasteiger charge is 2.20. The van der Waals surface area contributed by atoms with Crippen LogP contribution in [0.15, 0.2) is 24.3 Å². The van der Waals surface area contributed by atoms with Gasteiger partial charge in [-0.25, -0.2) is 4.98 Å². The van der Waals surface area contributed by atoms with E-state index in [1.165, 1.54) is 18.5 Å². The molecule has 0 saturated carbocycles. The van der Waals surface area contributed by atoms with E-state index in [-0.39, 0.29) is 0 Å². The summed E-state index contributed by atoms with van der Waals surface area (Å²) in [5.74, 6) is 1.10. The minimum atomic E-state index is 0.805. The lowest BCUT2D eigenvalue weighted by atomic mass is 10.2. The van der Waals surface area contributed by atoms with Crippen LogP contribution in [0.5, 0.6) is 0 Å². The standard InChI is InChI=1S/C16H25N5/c1-19-15-7-3-2-6-14(15)18-16(19)21-12-10-20(11-13-21)9-5-4-8-17/h2-3,6-7H,4-5,8-13,17H2,1H3. The molecule has 0 spiro atoms. The molecule has 1 aliphatic heterocycles. The van der Waals surface area contributed by atoms with E-state index in [1.807, 2.05) is 0 Å². The Balaban J connectivity index is 1.64. The molecule has 0 aliphatic carbocycles. The van der Waals surface area contributed by atoms with Gasteiger partial charge in [0, 0.05) is 33.2 Å². The van der Waals surface area contributed by atoms with Gasteiger partial charge < -0.3 is 15.2 Å². The van der Waals surface area contributed by atoms with Crippen LogP contribution < -0.4 is 10.6 Å². The van der Waals surface area contributed by atoms with E-state index in [1.54, 1.807) is 0 Å². The van der Waals surface area contributed by atoms with Crippen LogP contribution in [0, 0.1) is 0 Å². The van der Waals surface area contributed by atoms with Gasteiger partial charge in [-0.3, -0.25) is 4.90 Å². The van der Waals surface area contributed by atoms with Crippen LogP contribution in [0.25, 0.3) is 11.0 Å². The summed E-state index contributed by atoms with van der Waals surface area (Å²) in [7, 11) is 2.11. The molecule has 114 valence electrons. The number of para-hydroxylation sites is 2. The smallest absolute Gasteiger partial charge is 0.206 e. The highest BCUT2D eigenvalue weighted by atomic mass is 15.3.